The van der Waals surface area contributed by atoms with E-state index >= 15 is 0 Å². The number of carbonyl (C=O) groups excluding carboxylic acids is 1. The van der Waals surface area contributed by atoms with E-state index in [9.17, 15) is 4.79 Å². The van der Waals surface area contributed by atoms with Crippen molar-refractivity contribution in [1.82, 2.24) is 20.4 Å². The van der Waals surface area contributed by atoms with Crippen LogP contribution in [0.1, 0.15) is 31.9 Å². The Kier molecular flexibility index (Phi) is 5.59. The van der Waals surface area contributed by atoms with Gasteiger partial charge in [0, 0.05) is 32.3 Å². The Labute approximate surface area is 125 Å². The molecule has 7 heteroatoms. The first-order valence-corrected chi connectivity index (χ1v) is 7.49. The molecule has 0 aromatic carbocycles. The molecule has 0 radical (unpaired) electrons. The van der Waals surface area contributed by atoms with E-state index < -0.39 is 0 Å². The minimum absolute atomic E-state index is 0.221. The van der Waals surface area contributed by atoms with Crippen LogP contribution in [0.4, 0.5) is 0 Å². The summed E-state index contributed by atoms with van der Waals surface area (Å²) in [6.45, 7) is 5.23. The zero-order valence-corrected chi connectivity index (χ0v) is 12.5. The van der Waals surface area contributed by atoms with Gasteiger partial charge in [-0.05, 0) is 31.7 Å². The van der Waals surface area contributed by atoms with E-state index in [1.54, 1.807) is 6.20 Å². The Bertz CT molecular complexity index is 470. The first-order valence-electron chi connectivity index (χ1n) is 7.49. The molecule has 1 aromatic rings. The maximum Gasteiger partial charge on any atom is 0.217 e. The number of nitrogens with zero attached hydrogens (tertiary/aromatic N) is 3. The van der Waals surface area contributed by atoms with Crippen molar-refractivity contribution in [2.75, 3.05) is 19.6 Å². The summed E-state index contributed by atoms with van der Waals surface area (Å²) in [5, 5.41) is 10.1. The van der Waals surface area contributed by atoms with Crippen LogP contribution in [0.3, 0.4) is 0 Å². The van der Waals surface area contributed by atoms with Crippen LogP contribution in [0, 0.1) is 5.92 Å². The lowest BCUT2D eigenvalue weighted by atomic mass is 9.95. The minimum Gasteiger partial charge on any atom is -0.370 e. The first-order chi connectivity index (χ1) is 10.2. The lowest BCUT2D eigenvalue weighted by Crippen LogP contribution is -2.47. The number of hydrogen-bond donors (Lipinski definition) is 3. The van der Waals surface area contributed by atoms with E-state index in [0.717, 1.165) is 44.1 Å². The molecule has 1 amide bonds. The second-order valence-corrected chi connectivity index (χ2v) is 5.38. The molecule has 2 rings (SSSR count). The first kappa shape index (κ1) is 15.3. The fourth-order valence-electron chi connectivity index (χ4n) is 2.67. The van der Waals surface area contributed by atoms with E-state index in [2.05, 4.69) is 32.3 Å². The highest BCUT2D eigenvalue weighted by Crippen LogP contribution is 2.19. The van der Waals surface area contributed by atoms with Gasteiger partial charge in [-0.15, -0.1) is 0 Å². The predicted octanol–water partition coefficient (Wildman–Crippen LogP) is 0.463. The number of amides is 1. The topological polar surface area (TPSA) is 99.4 Å². The fraction of sp³-hybridized carbons (Fsp3) is 0.643. The molecule has 0 saturated carbocycles. The number of guanidine groups is 1. The van der Waals surface area contributed by atoms with Crippen LogP contribution in [0.5, 0.6) is 0 Å². The number of rotatable bonds is 5. The monoisotopic (exact) mass is 292 g/mol. The molecule has 1 fully saturated rings. The summed E-state index contributed by atoms with van der Waals surface area (Å²) in [5.74, 6) is 0.995. The molecule has 1 atom stereocenters. The average molecular weight is 292 g/mol. The molecule has 1 saturated heterocycles. The molecule has 116 valence electrons. The van der Waals surface area contributed by atoms with Crippen molar-refractivity contribution < 1.29 is 4.79 Å². The number of likely N-dealkylation sites (tertiary alicyclic amines) is 1. The Morgan fingerprint density at radius 3 is 3.19 bits per heavy atom. The third-order valence-electron chi connectivity index (χ3n) is 3.60. The van der Waals surface area contributed by atoms with E-state index in [1.807, 2.05) is 6.07 Å². The van der Waals surface area contributed by atoms with Crippen molar-refractivity contribution >= 4 is 11.9 Å². The van der Waals surface area contributed by atoms with Crippen molar-refractivity contribution in [2.24, 2.45) is 16.6 Å². The quantitative estimate of drug-likeness (QED) is 0.542. The highest BCUT2D eigenvalue weighted by atomic mass is 16.1. The SMILES string of the molecule is CCNC(=NCc1ccn[nH]1)N1CCCC(CC(N)=O)C1. The molecule has 1 aromatic heterocycles. The molecular formula is C14H24N6O. The number of H-pyrrole nitrogens is 1. The van der Waals surface area contributed by atoms with Crippen molar-refractivity contribution in [3.63, 3.8) is 0 Å². The molecule has 0 bridgehead atoms. The molecule has 1 aliphatic rings. The van der Waals surface area contributed by atoms with Gasteiger partial charge in [0.25, 0.3) is 0 Å². The Balaban J connectivity index is 1.99. The van der Waals surface area contributed by atoms with E-state index in [4.69, 9.17) is 5.73 Å². The van der Waals surface area contributed by atoms with Crippen LogP contribution >= 0.6 is 0 Å². The molecule has 21 heavy (non-hydrogen) atoms. The van der Waals surface area contributed by atoms with Crippen molar-refractivity contribution in [3.05, 3.63) is 18.0 Å². The molecule has 7 nitrogen and oxygen atoms in total. The van der Waals surface area contributed by atoms with Crippen LogP contribution in [0.2, 0.25) is 0 Å². The Morgan fingerprint density at radius 2 is 2.52 bits per heavy atom. The third kappa shape index (κ3) is 4.77. The van der Waals surface area contributed by atoms with Gasteiger partial charge in [-0.25, -0.2) is 4.99 Å². The van der Waals surface area contributed by atoms with Crippen LogP contribution in [0.25, 0.3) is 0 Å². The number of nitrogens with two attached hydrogens (primary N) is 1. The molecule has 1 unspecified atom stereocenters. The Morgan fingerprint density at radius 1 is 1.67 bits per heavy atom. The molecule has 0 aliphatic carbocycles. The summed E-state index contributed by atoms with van der Waals surface area (Å²) >= 11 is 0. The predicted molar refractivity (Wildman–Crippen MR) is 81.5 cm³/mol. The fourth-order valence-corrected chi connectivity index (χ4v) is 2.67. The van der Waals surface area contributed by atoms with Crippen LogP contribution < -0.4 is 11.1 Å². The highest BCUT2D eigenvalue weighted by molar-refractivity contribution is 5.80. The molecule has 2 heterocycles. The second kappa shape index (κ2) is 7.66. The summed E-state index contributed by atoms with van der Waals surface area (Å²) in [5.41, 5.74) is 6.29. The highest BCUT2D eigenvalue weighted by Gasteiger charge is 2.23. The number of primary amides is 1. The number of carbonyl (C=O) groups is 1. The van der Waals surface area contributed by atoms with Gasteiger partial charge in [0.05, 0.1) is 12.2 Å². The summed E-state index contributed by atoms with van der Waals surface area (Å²) in [7, 11) is 0. The Hall–Kier alpha value is -2.05. The normalized spacial score (nSPS) is 19.6. The largest absolute Gasteiger partial charge is 0.370 e. The van der Waals surface area contributed by atoms with E-state index in [-0.39, 0.29) is 5.91 Å². The number of nitrogens with one attached hydrogen (secondary N) is 2. The zero-order valence-electron chi connectivity index (χ0n) is 12.5. The van der Waals surface area contributed by atoms with Crippen molar-refractivity contribution in [2.45, 2.75) is 32.7 Å². The number of aliphatic imine (C=N–C) groups is 1. The van der Waals surface area contributed by atoms with Crippen LogP contribution in [-0.2, 0) is 11.3 Å². The lowest BCUT2D eigenvalue weighted by molar-refractivity contribution is -0.119. The number of hydrogen-bond acceptors (Lipinski definition) is 3. The zero-order chi connectivity index (χ0) is 15.1. The standard InChI is InChI=1S/C14H24N6O/c1-2-16-14(17-9-12-5-6-18-19-12)20-7-3-4-11(10-20)8-13(15)21/h5-6,11H,2-4,7-10H2,1H3,(H2,15,21)(H,16,17)(H,18,19). The van der Waals surface area contributed by atoms with Crippen molar-refractivity contribution in [3.8, 4) is 0 Å². The van der Waals surface area contributed by atoms with Gasteiger partial charge >= 0.3 is 0 Å². The second-order valence-electron chi connectivity index (χ2n) is 5.38. The maximum atomic E-state index is 11.1. The van der Waals surface area contributed by atoms with Crippen LogP contribution in [0.15, 0.2) is 17.3 Å². The molecule has 0 spiro atoms. The summed E-state index contributed by atoms with van der Waals surface area (Å²) in [6.07, 6.45) is 4.30. The van der Waals surface area contributed by atoms with E-state index in [0.29, 0.717) is 18.9 Å². The van der Waals surface area contributed by atoms with Gasteiger partial charge in [0.15, 0.2) is 5.96 Å². The van der Waals surface area contributed by atoms with Gasteiger partial charge in [0.1, 0.15) is 0 Å². The minimum atomic E-state index is -0.221. The number of aromatic amines is 1. The smallest absolute Gasteiger partial charge is 0.217 e. The van der Waals surface area contributed by atoms with Gasteiger partial charge in [-0.3, -0.25) is 9.89 Å². The van der Waals surface area contributed by atoms with Crippen molar-refractivity contribution in [1.29, 1.82) is 0 Å². The molecule has 4 N–H and O–H groups in total. The van der Waals surface area contributed by atoms with E-state index in [1.165, 1.54) is 0 Å². The van der Waals surface area contributed by atoms with Gasteiger partial charge in [-0.2, -0.15) is 5.10 Å². The molecule has 1 aliphatic heterocycles. The third-order valence-corrected chi connectivity index (χ3v) is 3.60. The van der Waals surface area contributed by atoms with Crippen LogP contribution in [-0.4, -0.2) is 46.6 Å². The van der Waals surface area contributed by atoms with Gasteiger partial charge < -0.3 is 16.0 Å². The summed E-state index contributed by atoms with van der Waals surface area (Å²) in [6, 6.07) is 1.92. The summed E-state index contributed by atoms with van der Waals surface area (Å²) < 4.78 is 0. The van der Waals surface area contributed by atoms with Gasteiger partial charge in [0.2, 0.25) is 5.91 Å². The lowest BCUT2D eigenvalue weighted by Gasteiger charge is -2.34. The number of piperidine rings is 1. The summed E-state index contributed by atoms with van der Waals surface area (Å²) in [4.78, 5) is 18.0. The molecular weight excluding hydrogens is 268 g/mol. The van der Waals surface area contributed by atoms with Gasteiger partial charge in [-0.1, -0.05) is 0 Å². The average Bonchev–Trinajstić information content (AvgIpc) is 2.96. The number of aromatic nitrogens is 2. The maximum absolute atomic E-state index is 11.1.